The second-order valence-electron chi connectivity index (χ2n) is 20.7. The lowest BCUT2D eigenvalue weighted by atomic mass is 9.42. The maximum Gasteiger partial charge on any atom is 0.333 e. The van der Waals surface area contributed by atoms with Gasteiger partial charge in [-0.2, -0.15) is 0 Å². The van der Waals surface area contributed by atoms with E-state index in [1.807, 2.05) is 0 Å². The van der Waals surface area contributed by atoms with Crippen molar-refractivity contribution >= 4 is 68.1 Å². The van der Waals surface area contributed by atoms with Gasteiger partial charge in [-0.1, -0.05) is 152 Å². The Bertz CT molecular complexity index is 3250. The van der Waals surface area contributed by atoms with Gasteiger partial charge in [0.05, 0.1) is 5.69 Å². The topological polar surface area (TPSA) is 19.6 Å². The van der Waals surface area contributed by atoms with Gasteiger partial charge in [0.2, 0.25) is 0 Å². The van der Waals surface area contributed by atoms with E-state index in [2.05, 4.69) is 192 Å². The quantitative estimate of drug-likeness (QED) is 0.155. The van der Waals surface area contributed by atoms with Crippen LogP contribution >= 0.6 is 0 Å². The fourth-order valence-electron chi connectivity index (χ4n) is 12.6. The first kappa shape index (κ1) is 34.8. The molecule has 0 bridgehead atoms. The first-order valence-electron chi connectivity index (χ1n) is 22.0. The number of furan rings is 1. The lowest BCUT2D eigenvalue weighted by Crippen LogP contribution is -2.62. The van der Waals surface area contributed by atoms with E-state index in [0.717, 1.165) is 16.6 Å². The molecule has 0 radical (unpaired) electrons. The Morgan fingerprint density at radius 1 is 0.500 bits per heavy atom. The van der Waals surface area contributed by atoms with Gasteiger partial charge in [0.25, 0.3) is 0 Å². The minimum Gasteiger partial charge on any atom is -0.455 e. The van der Waals surface area contributed by atoms with Gasteiger partial charge in [-0.3, -0.25) is 0 Å². The van der Waals surface area contributed by atoms with Gasteiger partial charge in [-0.15, -0.1) is 0 Å². The van der Waals surface area contributed by atoms with Crippen LogP contribution in [0.1, 0.15) is 102 Å². The third kappa shape index (κ3) is 4.08. The highest BCUT2D eigenvalue weighted by Crippen LogP contribution is 2.61. The zero-order valence-electron chi connectivity index (χ0n) is 35.9. The van der Waals surface area contributed by atoms with Crippen molar-refractivity contribution in [1.29, 1.82) is 0 Å². The molecule has 0 spiro atoms. The van der Waals surface area contributed by atoms with E-state index in [4.69, 9.17) is 4.42 Å². The number of rotatable bonds is 1. The van der Waals surface area contributed by atoms with Gasteiger partial charge in [0.15, 0.2) is 0 Å². The van der Waals surface area contributed by atoms with E-state index in [1.165, 1.54) is 113 Å². The molecule has 0 amide bonds. The number of anilines is 5. The van der Waals surface area contributed by atoms with Crippen LogP contribution in [0.25, 0.3) is 44.2 Å². The molecule has 1 aromatic heterocycles. The number of fused-ring (bicyclic) bond motifs is 15. The summed E-state index contributed by atoms with van der Waals surface area (Å²) in [7, 11) is 0. The second kappa shape index (κ2) is 11.0. The van der Waals surface area contributed by atoms with Crippen molar-refractivity contribution in [3.05, 3.63) is 161 Å². The molecule has 5 aliphatic rings. The van der Waals surface area contributed by atoms with Gasteiger partial charge >= 0.3 is 6.85 Å². The largest absolute Gasteiger partial charge is 0.455 e. The van der Waals surface area contributed by atoms with Crippen LogP contribution in [0.4, 0.5) is 28.4 Å². The van der Waals surface area contributed by atoms with Gasteiger partial charge in [0, 0.05) is 61.0 Å². The smallest absolute Gasteiger partial charge is 0.333 e. The first-order valence-corrected chi connectivity index (χ1v) is 22.0. The molecular formula is C56H49BN2O. The molecule has 8 aromatic rings. The molecular weight excluding hydrogens is 727 g/mol. The lowest BCUT2D eigenvalue weighted by molar-refractivity contribution is 0.332. The number of nitrogens with zero attached hydrogens (tertiary/aromatic N) is 2. The Kier molecular flexibility index (Phi) is 6.40. The van der Waals surface area contributed by atoms with Crippen molar-refractivity contribution in [2.24, 2.45) is 0 Å². The van der Waals surface area contributed by atoms with Crippen molar-refractivity contribution < 1.29 is 4.42 Å². The molecule has 0 atom stereocenters. The fourth-order valence-corrected chi connectivity index (χ4v) is 12.6. The highest BCUT2D eigenvalue weighted by molar-refractivity contribution is 6.94. The van der Waals surface area contributed by atoms with Gasteiger partial charge in [0.1, 0.15) is 11.2 Å². The molecule has 7 aromatic carbocycles. The van der Waals surface area contributed by atoms with E-state index in [1.54, 1.807) is 0 Å². The summed E-state index contributed by atoms with van der Waals surface area (Å²) in [5.74, 6) is 0. The van der Waals surface area contributed by atoms with Crippen molar-refractivity contribution in [3.63, 3.8) is 0 Å². The third-order valence-corrected chi connectivity index (χ3v) is 15.9. The maximum absolute atomic E-state index is 7.14. The molecule has 4 heteroatoms. The SMILES string of the molecule is CC1(C)CCC(C)(C)c2cc(N3B4c5cccc6c5N(c5ccccc5C6(C)C)c5cc6c(oc7ccccc76)c(c54)-c4ccc5c(c43)-c3ccccc3C5(C)C)ccc21. The number of hydrogen-bond donors (Lipinski definition) is 0. The molecule has 292 valence electrons. The van der Waals surface area contributed by atoms with E-state index in [0.29, 0.717) is 0 Å². The van der Waals surface area contributed by atoms with Crippen LogP contribution in [-0.4, -0.2) is 6.85 Å². The fraction of sp³-hybridized carbons (Fsp3) is 0.250. The van der Waals surface area contributed by atoms with Crippen molar-refractivity contribution in [2.75, 3.05) is 9.71 Å². The summed E-state index contributed by atoms with van der Waals surface area (Å²) >= 11 is 0. The van der Waals surface area contributed by atoms with Crippen molar-refractivity contribution in [1.82, 2.24) is 0 Å². The van der Waals surface area contributed by atoms with Crippen LogP contribution in [0.2, 0.25) is 0 Å². The predicted octanol–water partition coefficient (Wildman–Crippen LogP) is 13.6. The summed E-state index contributed by atoms with van der Waals surface area (Å²) in [5, 5.41) is 2.32. The molecule has 60 heavy (non-hydrogen) atoms. The van der Waals surface area contributed by atoms with Crippen molar-refractivity contribution in [2.45, 2.75) is 89.9 Å². The van der Waals surface area contributed by atoms with E-state index in [-0.39, 0.29) is 28.5 Å². The molecule has 4 heterocycles. The molecule has 0 N–H and O–H groups in total. The van der Waals surface area contributed by atoms with Gasteiger partial charge < -0.3 is 14.1 Å². The Balaban J connectivity index is 1.24. The summed E-state index contributed by atoms with van der Waals surface area (Å²) in [6, 6.07) is 48.9. The molecule has 13 rings (SSSR count). The zero-order chi connectivity index (χ0) is 40.8. The van der Waals surface area contributed by atoms with Crippen LogP contribution in [-0.2, 0) is 21.7 Å². The molecule has 3 aliphatic heterocycles. The summed E-state index contributed by atoms with van der Waals surface area (Å²) in [4.78, 5) is 5.40. The molecule has 0 saturated heterocycles. The summed E-state index contributed by atoms with van der Waals surface area (Å²) in [6.07, 6.45) is 2.36. The maximum atomic E-state index is 7.14. The number of benzene rings is 7. The summed E-state index contributed by atoms with van der Waals surface area (Å²) in [6.45, 7) is 19.3. The Morgan fingerprint density at radius 2 is 1.18 bits per heavy atom. The van der Waals surface area contributed by atoms with E-state index in [9.17, 15) is 0 Å². The highest BCUT2D eigenvalue weighted by Gasteiger charge is 2.52. The minimum absolute atomic E-state index is 0.0548. The van der Waals surface area contributed by atoms with E-state index < -0.39 is 0 Å². The first-order chi connectivity index (χ1) is 28.8. The van der Waals surface area contributed by atoms with Crippen molar-refractivity contribution in [3.8, 4) is 22.3 Å². The monoisotopic (exact) mass is 776 g/mol. The highest BCUT2D eigenvalue weighted by atomic mass is 16.3. The average Bonchev–Trinajstić information content (AvgIpc) is 3.73. The molecule has 0 unspecified atom stereocenters. The Morgan fingerprint density at radius 3 is 2.02 bits per heavy atom. The summed E-state index contributed by atoms with van der Waals surface area (Å²) < 4.78 is 7.14. The van der Waals surface area contributed by atoms with E-state index >= 15 is 0 Å². The number of para-hydroxylation sites is 3. The summed E-state index contributed by atoms with van der Waals surface area (Å²) in [5.41, 5.74) is 24.3. The lowest BCUT2D eigenvalue weighted by Gasteiger charge is -2.51. The van der Waals surface area contributed by atoms with Crippen LogP contribution in [0, 0.1) is 0 Å². The Labute approximate surface area is 353 Å². The van der Waals surface area contributed by atoms with Crippen LogP contribution in [0.5, 0.6) is 0 Å². The number of hydrogen-bond acceptors (Lipinski definition) is 3. The molecule has 3 nitrogen and oxygen atoms in total. The molecule has 0 saturated carbocycles. The second-order valence-corrected chi connectivity index (χ2v) is 20.7. The van der Waals surface area contributed by atoms with Gasteiger partial charge in [-0.25, -0.2) is 0 Å². The van der Waals surface area contributed by atoms with Crippen LogP contribution in [0.3, 0.4) is 0 Å². The predicted molar refractivity (Wildman–Crippen MR) is 252 cm³/mol. The normalized spacial score (nSPS) is 18.6. The molecule has 2 aliphatic carbocycles. The standard InChI is InChI=1S/C56H49BN2O/c1-53(2)28-29-54(3,4)42-30-32(24-26-38(42)53)59-50-35(25-27-40-47(50)34-17-9-11-18-37(34)55(40,5)6)48-49-45(31-36-33-16-10-14-23-46(33)60-52(36)48)58-44-22-13-12-19-39(44)56(7,8)41-20-15-21-43(51(41)58)57(49)59/h9-27,30-31H,28-29H2,1-8H3. The third-order valence-electron chi connectivity index (χ3n) is 15.9. The molecule has 0 fully saturated rings. The van der Waals surface area contributed by atoms with Crippen LogP contribution < -0.4 is 20.6 Å². The van der Waals surface area contributed by atoms with Gasteiger partial charge in [-0.05, 0) is 104 Å². The minimum atomic E-state index is -0.200. The Hall–Kier alpha value is -6.00. The average molecular weight is 777 g/mol. The van der Waals surface area contributed by atoms with Crippen LogP contribution in [0.15, 0.2) is 132 Å². The zero-order valence-corrected chi connectivity index (χ0v) is 35.9.